The Morgan fingerprint density at radius 2 is 2.05 bits per heavy atom. The molecule has 21 heavy (non-hydrogen) atoms. The van der Waals surface area contributed by atoms with Gasteiger partial charge in [0.05, 0.1) is 12.2 Å². The lowest BCUT2D eigenvalue weighted by atomic mass is 9.96. The zero-order chi connectivity index (χ0) is 14.7. The first-order chi connectivity index (χ1) is 10.3. The van der Waals surface area contributed by atoms with Gasteiger partial charge in [0.1, 0.15) is 11.9 Å². The van der Waals surface area contributed by atoms with E-state index in [1.54, 1.807) is 6.07 Å². The van der Waals surface area contributed by atoms with E-state index in [1.807, 2.05) is 37.3 Å². The summed E-state index contributed by atoms with van der Waals surface area (Å²) in [4.78, 5) is 11.8. The van der Waals surface area contributed by atoms with Gasteiger partial charge < -0.3 is 9.47 Å². The molecule has 0 radical (unpaired) electrons. The second kappa shape index (κ2) is 6.00. The fraction of sp³-hybridized carbons (Fsp3) is 0.278. The predicted octanol–water partition coefficient (Wildman–Crippen LogP) is 3.93. The maximum Gasteiger partial charge on any atom is 0.338 e. The molecule has 1 atom stereocenters. The monoisotopic (exact) mass is 282 g/mol. The molecule has 0 aromatic heterocycles. The van der Waals surface area contributed by atoms with Gasteiger partial charge in [-0.2, -0.15) is 0 Å². The van der Waals surface area contributed by atoms with Crippen molar-refractivity contribution in [2.45, 2.75) is 25.9 Å². The third-order valence-corrected chi connectivity index (χ3v) is 3.69. The number of hydrogen-bond donors (Lipinski definition) is 0. The number of carbonyl (C=O) groups excluding carboxylic acids is 1. The molecule has 108 valence electrons. The molecule has 1 aliphatic rings. The Morgan fingerprint density at radius 3 is 2.81 bits per heavy atom. The van der Waals surface area contributed by atoms with Crippen molar-refractivity contribution in [2.24, 2.45) is 0 Å². The zero-order valence-corrected chi connectivity index (χ0v) is 12.0. The van der Waals surface area contributed by atoms with E-state index in [9.17, 15) is 4.79 Å². The molecule has 0 spiro atoms. The first-order valence-corrected chi connectivity index (χ1v) is 7.29. The van der Waals surface area contributed by atoms with Crippen molar-refractivity contribution in [3.05, 3.63) is 65.2 Å². The van der Waals surface area contributed by atoms with E-state index < -0.39 is 0 Å². The van der Waals surface area contributed by atoms with Gasteiger partial charge in [0, 0.05) is 0 Å². The lowest BCUT2D eigenvalue weighted by Gasteiger charge is -2.26. The SMILES string of the molecule is CCOC(=O)c1ccc2c(c1)CCC(c1ccccc1)O2. The Balaban J connectivity index is 1.80. The maximum absolute atomic E-state index is 11.8. The summed E-state index contributed by atoms with van der Waals surface area (Å²) in [6, 6.07) is 15.8. The fourth-order valence-corrected chi connectivity index (χ4v) is 2.63. The summed E-state index contributed by atoms with van der Waals surface area (Å²) in [5.74, 6) is 0.591. The molecule has 1 aliphatic heterocycles. The number of aryl methyl sites for hydroxylation is 1. The Morgan fingerprint density at radius 1 is 1.24 bits per heavy atom. The van der Waals surface area contributed by atoms with Crippen LogP contribution in [0.25, 0.3) is 0 Å². The molecule has 0 N–H and O–H groups in total. The Hall–Kier alpha value is -2.29. The average molecular weight is 282 g/mol. The van der Waals surface area contributed by atoms with Gasteiger partial charge in [0.2, 0.25) is 0 Å². The highest BCUT2D eigenvalue weighted by Gasteiger charge is 2.22. The summed E-state index contributed by atoms with van der Waals surface area (Å²) in [6.07, 6.45) is 1.91. The normalized spacial score (nSPS) is 16.7. The van der Waals surface area contributed by atoms with Crippen LogP contribution < -0.4 is 4.74 Å². The highest BCUT2D eigenvalue weighted by Crippen LogP contribution is 2.35. The third kappa shape index (κ3) is 2.92. The number of benzene rings is 2. The second-order valence-electron chi connectivity index (χ2n) is 5.10. The van der Waals surface area contributed by atoms with Crippen molar-refractivity contribution in [1.29, 1.82) is 0 Å². The average Bonchev–Trinajstić information content (AvgIpc) is 2.55. The third-order valence-electron chi connectivity index (χ3n) is 3.69. The molecule has 2 aromatic carbocycles. The summed E-state index contributed by atoms with van der Waals surface area (Å²) in [7, 11) is 0. The first kappa shape index (κ1) is 13.7. The summed E-state index contributed by atoms with van der Waals surface area (Å²) in [5.41, 5.74) is 2.86. The van der Waals surface area contributed by atoms with Crippen LogP contribution in [0.3, 0.4) is 0 Å². The molecule has 0 aliphatic carbocycles. The summed E-state index contributed by atoms with van der Waals surface area (Å²) >= 11 is 0. The van der Waals surface area contributed by atoms with Gasteiger partial charge in [-0.15, -0.1) is 0 Å². The van der Waals surface area contributed by atoms with E-state index in [4.69, 9.17) is 9.47 Å². The number of ether oxygens (including phenoxy) is 2. The first-order valence-electron chi connectivity index (χ1n) is 7.29. The van der Waals surface area contributed by atoms with Crippen molar-refractivity contribution >= 4 is 5.97 Å². The van der Waals surface area contributed by atoms with Crippen LogP contribution in [-0.4, -0.2) is 12.6 Å². The Bertz CT molecular complexity index is 634. The summed E-state index contributed by atoms with van der Waals surface area (Å²) in [6.45, 7) is 2.20. The van der Waals surface area contributed by atoms with Crippen LogP contribution in [0.15, 0.2) is 48.5 Å². The van der Waals surface area contributed by atoms with E-state index in [1.165, 1.54) is 5.56 Å². The predicted molar refractivity (Wildman–Crippen MR) is 80.5 cm³/mol. The van der Waals surface area contributed by atoms with Crippen LogP contribution in [0.2, 0.25) is 0 Å². The zero-order valence-electron chi connectivity index (χ0n) is 12.0. The lowest BCUT2D eigenvalue weighted by Crippen LogP contribution is -2.16. The van der Waals surface area contributed by atoms with E-state index in [2.05, 4.69) is 12.1 Å². The quantitative estimate of drug-likeness (QED) is 0.800. The molecule has 3 rings (SSSR count). The molecular formula is C18H18O3. The van der Waals surface area contributed by atoms with Gasteiger partial charge in [-0.3, -0.25) is 0 Å². The van der Waals surface area contributed by atoms with Crippen LogP contribution in [0.5, 0.6) is 5.75 Å². The number of esters is 1. The van der Waals surface area contributed by atoms with E-state index in [0.717, 1.165) is 24.2 Å². The fourth-order valence-electron chi connectivity index (χ4n) is 2.63. The van der Waals surface area contributed by atoms with Crippen molar-refractivity contribution in [1.82, 2.24) is 0 Å². The molecule has 2 aromatic rings. The minimum atomic E-state index is -0.273. The number of hydrogen-bond acceptors (Lipinski definition) is 3. The van der Waals surface area contributed by atoms with Gasteiger partial charge >= 0.3 is 5.97 Å². The second-order valence-corrected chi connectivity index (χ2v) is 5.10. The van der Waals surface area contributed by atoms with Crippen molar-refractivity contribution < 1.29 is 14.3 Å². The largest absolute Gasteiger partial charge is 0.485 e. The van der Waals surface area contributed by atoms with Crippen LogP contribution in [0.1, 0.15) is 40.9 Å². The smallest absolute Gasteiger partial charge is 0.338 e. The molecule has 3 nitrogen and oxygen atoms in total. The van der Waals surface area contributed by atoms with Crippen molar-refractivity contribution in [2.75, 3.05) is 6.61 Å². The minimum Gasteiger partial charge on any atom is -0.485 e. The molecule has 0 fully saturated rings. The van der Waals surface area contributed by atoms with Crippen LogP contribution in [0, 0.1) is 0 Å². The highest BCUT2D eigenvalue weighted by molar-refractivity contribution is 5.89. The molecule has 0 saturated heterocycles. The molecular weight excluding hydrogens is 264 g/mol. The molecule has 0 bridgehead atoms. The Kier molecular flexibility index (Phi) is 3.91. The lowest BCUT2D eigenvalue weighted by molar-refractivity contribution is 0.0526. The molecule has 1 unspecified atom stereocenters. The van der Waals surface area contributed by atoms with Gasteiger partial charge in [0.25, 0.3) is 0 Å². The van der Waals surface area contributed by atoms with Crippen LogP contribution in [0.4, 0.5) is 0 Å². The van der Waals surface area contributed by atoms with Gasteiger partial charge in [0.15, 0.2) is 0 Å². The molecule has 1 heterocycles. The van der Waals surface area contributed by atoms with Gasteiger partial charge in [-0.1, -0.05) is 30.3 Å². The summed E-state index contributed by atoms with van der Waals surface area (Å²) < 4.78 is 11.1. The van der Waals surface area contributed by atoms with Gasteiger partial charge in [-0.05, 0) is 49.1 Å². The maximum atomic E-state index is 11.8. The van der Waals surface area contributed by atoms with Gasteiger partial charge in [-0.25, -0.2) is 4.79 Å². The highest BCUT2D eigenvalue weighted by atomic mass is 16.5. The molecule has 0 saturated carbocycles. The number of carbonyl (C=O) groups is 1. The molecule has 3 heteroatoms. The van der Waals surface area contributed by atoms with Crippen LogP contribution >= 0.6 is 0 Å². The van der Waals surface area contributed by atoms with Crippen molar-refractivity contribution in [3.8, 4) is 5.75 Å². The Labute approximate surface area is 124 Å². The van der Waals surface area contributed by atoms with Crippen LogP contribution in [-0.2, 0) is 11.2 Å². The van der Waals surface area contributed by atoms with E-state index in [0.29, 0.717) is 12.2 Å². The topological polar surface area (TPSA) is 35.5 Å². The minimum absolute atomic E-state index is 0.0899. The summed E-state index contributed by atoms with van der Waals surface area (Å²) in [5, 5.41) is 0. The standard InChI is InChI=1S/C18H18O3/c1-2-20-18(19)15-9-11-17-14(12-15)8-10-16(21-17)13-6-4-3-5-7-13/h3-7,9,11-12,16H,2,8,10H2,1H3. The molecule has 0 amide bonds. The number of rotatable bonds is 3. The van der Waals surface area contributed by atoms with E-state index >= 15 is 0 Å². The van der Waals surface area contributed by atoms with Crippen molar-refractivity contribution in [3.63, 3.8) is 0 Å². The number of fused-ring (bicyclic) bond motifs is 1. The van der Waals surface area contributed by atoms with E-state index in [-0.39, 0.29) is 12.1 Å².